The number of hydrogen-bond donors (Lipinski definition) is 2. The summed E-state index contributed by atoms with van der Waals surface area (Å²) >= 11 is 0. The molecule has 20 heavy (non-hydrogen) atoms. The van der Waals surface area contributed by atoms with Crippen molar-refractivity contribution in [1.82, 2.24) is 0 Å². The van der Waals surface area contributed by atoms with Crippen molar-refractivity contribution in [1.29, 1.82) is 0 Å². The molecular formula is C15H22N2O3. The van der Waals surface area contributed by atoms with Gasteiger partial charge in [-0.25, -0.2) is 0 Å². The zero-order valence-electron chi connectivity index (χ0n) is 12.4. The normalized spacial score (nSPS) is 14.8. The lowest BCUT2D eigenvalue weighted by molar-refractivity contribution is -0.126. The Bertz CT molecular complexity index is 518. The van der Waals surface area contributed by atoms with Crippen molar-refractivity contribution in [3.8, 4) is 11.5 Å². The predicted molar refractivity (Wildman–Crippen MR) is 78.1 cm³/mol. The maximum absolute atomic E-state index is 12.4. The van der Waals surface area contributed by atoms with Crippen molar-refractivity contribution in [2.45, 2.75) is 33.2 Å². The average Bonchev–Trinajstić information content (AvgIpc) is 2.37. The Kier molecular flexibility index (Phi) is 3.65. The summed E-state index contributed by atoms with van der Waals surface area (Å²) in [7, 11) is 0. The monoisotopic (exact) mass is 278 g/mol. The molecule has 2 rings (SSSR count). The summed E-state index contributed by atoms with van der Waals surface area (Å²) in [6.45, 7) is 8.42. The van der Waals surface area contributed by atoms with Gasteiger partial charge in [-0.05, 0) is 39.8 Å². The van der Waals surface area contributed by atoms with E-state index in [1.165, 1.54) is 0 Å². The summed E-state index contributed by atoms with van der Waals surface area (Å²) in [5, 5.41) is 2.88. The highest BCUT2D eigenvalue weighted by Gasteiger charge is 2.40. The van der Waals surface area contributed by atoms with Gasteiger partial charge < -0.3 is 20.5 Å². The van der Waals surface area contributed by atoms with Gasteiger partial charge in [-0.3, -0.25) is 4.79 Å². The molecule has 0 spiro atoms. The average molecular weight is 278 g/mol. The minimum Gasteiger partial charge on any atom is -0.486 e. The first-order valence-electron chi connectivity index (χ1n) is 6.72. The molecule has 0 aliphatic carbocycles. The lowest BCUT2D eigenvalue weighted by atomic mass is 9.74. The molecule has 1 aromatic carbocycles. The molecule has 1 aliphatic heterocycles. The molecule has 0 fully saturated rings. The first-order valence-corrected chi connectivity index (χ1v) is 6.72. The summed E-state index contributed by atoms with van der Waals surface area (Å²) in [5.41, 5.74) is 5.44. The third kappa shape index (κ3) is 2.72. The van der Waals surface area contributed by atoms with Crippen molar-refractivity contribution in [3.05, 3.63) is 18.2 Å². The van der Waals surface area contributed by atoms with Crippen LogP contribution in [-0.2, 0) is 4.79 Å². The number of anilines is 1. The Morgan fingerprint density at radius 1 is 1.15 bits per heavy atom. The van der Waals surface area contributed by atoms with Crippen LogP contribution in [0.2, 0.25) is 0 Å². The van der Waals surface area contributed by atoms with Crippen LogP contribution >= 0.6 is 0 Å². The molecule has 0 saturated heterocycles. The third-order valence-corrected chi connectivity index (χ3v) is 3.98. The number of fused-ring (bicyclic) bond motifs is 1. The number of rotatable bonds is 3. The van der Waals surface area contributed by atoms with Crippen LogP contribution in [0.4, 0.5) is 5.69 Å². The van der Waals surface area contributed by atoms with E-state index < -0.39 is 11.0 Å². The van der Waals surface area contributed by atoms with Crippen LogP contribution in [0, 0.1) is 5.41 Å². The van der Waals surface area contributed by atoms with Gasteiger partial charge in [0.25, 0.3) is 0 Å². The van der Waals surface area contributed by atoms with Gasteiger partial charge in [-0.1, -0.05) is 0 Å². The van der Waals surface area contributed by atoms with Crippen molar-refractivity contribution >= 4 is 11.6 Å². The molecule has 5 nitrogen and oxygen atoms in total. The second kappa shape index (κ2) is 4.98. The smallest absolute Gasteiger partial charge is 0.231 e. The molecule has 0 unspecified atom stereocenters. The molecule has 0 saturated carbocycles. The standard InChI is InChI=1S/C15H22N2O3/c1-14(2,15(3,4)16)13(18)17-10-5-6-11-12(9-10)20-8-7-19-11/h5-6,9H,7-8,16H2,1-4H3,(H,17,18). The van der Waals surface area contributed by atoms with E-state index in [2.05, 4.69) is 5.32 Å². The van der Waals surface area contributed by atoms with E-state index in [0.29, 0.717) is 30.4 Å². The number of nitrogens with one attached hydrogen (secondary N) is 1. The Balaban J connectivity index is 2.16. The molecule has 1 aromatic rings. The van der Waals surface area contributed by atoms with Crippen molar-refractivity contribution < 1.29 is 14.3 Å². The van der Waals surface area contributed by atoms with Gasteiger partial charge in [-0.2, -0.15) is 0 Å². The quantitative estimate of drug-likeness (QED) is 0.888. The minimum atomic E-state index is -0.694. The molecule has 0 radical (unpaired) electrons. The molecule has 0 atom stereocenters. The van der Waals surface area contributed by atoms with Gasteiger partial charge in [0, 0.05) is 17.3 Å². The SMILES string of the molecule is CC(C)(N)C(C)(C)C(=O)Nc1ccc2c(c1)OCCO2. The maximum atomic E-state index is 12.4. The number of carbonyl (C=O) groups is 1. The summed E-state index contributed by atoms with van der Waals surface area (Å²) < 4.78 is 10.9. The third-order valence-electron chi connectivity index (χ3n) is 3.98. The Morgan fingerprint density at radius 2 is 1.75 bits per heavy atom. The minimum absolute atomic E-state index is 0.123. The van der Waals surface area contributed by atoms with E-state index >= 15 is 0 Å². The highest BCUT2D eigenvalue weighted by atomic mass is 16.6. The molecule has 0 aromatic heterocycles. The number of amides is 1. The van der Waals surface area contributed by atoms with E-state index in [1.54, 1.807) is 18.2 Å². The van der Waals surface area contributed by atoms with Crippen molar-refractivity contribution in [3.63, 3.8) is 0 Å². The van der Waals surface area contributed by atoms with Crippen LogP contribution in [0.5, 0.6) is 11.5 Å². The van der Waals surface area contributed by atoms with E-state index in [4.69, 9.17) is 15.2 Å². The molecule has 1 amide bonds. The van der Waals surface area contributed by atoms with Gasteiger partial charge in [0.15, 0.2) is 11.5 Å². The highest BCUT2D eigenvalue weighted by Crippen LogP contribution is 2.34. The molecule has 1 heterocycles. The van der Waals surface area contributed by atoms with Crippen molar-refractivity contribution in [2.75, 3.05) is 18.5 Å². The first kappa shape index (κ1) is 14.7. The lowest BCUT2D eigenvalue weighted by Gasteiger charge is -2.36. The fourth-order valence-electron chi connectivity index (χ4n) is 1.70. The van der Waals surface area contributed by atoms with Crippen LogP contribution in [0.25, 0.3) is 0 Å². The summed E-state index contributed by atoms with van der Waals surface area (Å²) in [6, 6.07) is 5.36. The second-order valence-electron chi connectivity index (χ2n) is 6.16. The van der Waals surface area contributed by atoms with Crippen LogP contribution in [0.15, 0.2) is 18.2 Å². The van der Waals surface area contributed by atoms with Gasteiger partial charge in [0.1, 0.15) is 13.2 Å². The number of nitrogens with two attached hydrogens (primary N) is 1. The zero-order chi connectivity index (χ0) is 15.0. The second-order valence-corrected chi connectivity index (χ2v) is 6.16. The predicted octanol–water partition coefficient (Wildman–Crippen LogP) is 2.16. The molecule has 3 N–H and O–H groups in total. The van der Waals surface area contributed by atoms with E-state index in [9.17, 15) is 4.79 Å². The van der Waals surface area contributed by atoms with Crippen molar-refractivity contribution in [2.24, 2.45) is 11.1 Å². The van der Waals surface area contributed by atoms with Crippen LogP contribution < -0.4 is 20.5 Å². The Hall–Kier alpha value is -1.75. The summed E-state index contributed by atoms with van der Waals surface area (Å²) in [6.07, 6.45) is 0. The Morgan fingerprint density at radius 3 is 2.35 bits per heavy atom. The number of hydrogen-bond acceptors (Lipinski definition) is 4. The van der Waals surface area contributed by atoms with E-state index in [1.807, 2.05) is 27.7 Å². The Labute approximate surface area is 119 Å². The summed E-state index contributed by atoms with van der Waals surface area (Å²) in [5.74, 6) is 1.23. The number of ether oxygens (including phenoxy) is 2. The lowest BCUT2D eigenvalue weighted by Crippen LogP contribution is -2.53. The number of benzene rings is 1. The van der Waals surface area contributed by atoms with Crippen LogP contribution in [-0.4, -0.2) is 24.7 Å². The van der Waals surface area contributed by atoms with Crippen LogP contribution in [0.1, 0.15) is 27.7 Å². The fraction of sp³-hybridized carbons (Fsp3) is 0.533. The molecule has 0 bridgehead atoms. The molecule has 1 aliphatic rings. The van der Waals surface area contributed by atoms with Crippen LogP contribution in [0.3, 0.4) is 0 Å². The fourth-order valence-corrected chi connectivity index (χ4v) is 1.70. The van der Waals surface area contributed by atoms with Gasteiger partial charge in [-0.15, -0.1) is 0 Å². The van der Waals surface area contributed by atoms with Gasteiger partial charge in [0.05, 0.1) is 5.41 Å². The molecular weight excluding hydrogens is 256 g/mol. The largest absolute Gasteiger partial charge is 0.486 e. The molecule has 110 valence electrons. The van der Waals surface area contributed by atoms with E-state index in [0.717, 1.165) is 0 Å². The number of carbonyl (C=O) groups excluding carboxylic acids is 1. The molecule has 5 heteroatoms. The first-order chi connectivity index (χ1) is 9.22. The maximum Gasteiger partial charge on any atom is 0.231 e. The van der Waals surface area contributed by atoms with Gasteiger partial charge >= 0.3 is 0 Å². The van der Waals surface area contributed by atoms with E-state index in [-0.39, 0.29) is 5.91 Å². The summed E-state index contributed by atoms with van der Waals surface area (Å²) in [4.78, 5) is 12.4. The topological polar surface area (TPSA) is 73.6 Å². The zero-order valence-corrected chi connectivity index (χ0v) is 12.4. The van der Waals surface area contributed by atoms with Gasteiger partial charge in [0.2, 0.25) is 5.91 Å². The highest BCUT2D eigenvalue weighted by molar-refractivity contribution is 5.96.